The molecule has 0 aromatic heterocycles. The number of hydrogen-bond donors (Lipinski definition) is 0. The van der Waals surface area contributed by atoms with Gasteiger partial charge in [0.2, 0.25) is 0 Å². The van der Waals surface area contributed by atoms with Gasteiger partial charge < -0.3 is 47.1 Å². The van der Waals surface area contributed by atoms with Crippen LogP contribution < -0.4 is 0 Å². The minimum absolute atomic E-state index is 0.533. The molecular weight excluding hydrogens is 591 g/mol. The average molecular weight is 641 g/mol. The minimum Gasteiger partial charge on any atom is -0.415 e. The largest absolute Gasteiger partial charge is 0.415 e. The van der Waals surface area contributed by atoms with E-state index in [1.54, 1.807) is 0 Å². The summed E-state index contributed by atoms with van der Waals surface area (Å²) < 4.78 is 55.6. The molecule has 0 aromatic rings. The van der Waals surface area contributed by atoms with Crippen LogP contribution >= 0.6 is 22.6 Å². The summed E-state index contributed by atoms with van der Waals surface area (Å²) >= 11 is 2.28. The van der Waals surface area contributed by atoms with E-state index in [4.69, 9.17) is 47.1 Å². The first-order chi connectivity index (χ1) is 17.1. The van der Waals surface area contributed by atoms with E-state index in [-0.39, 0.29) is 0 Å². The SMILES string of the molecule is C[Si](C)(C)OCCOCCOCCOCCOCCOCCOCCOCCOCCOCCI. The molecule has 0 aromatic carbocycles. The molecule has 0 saturated heterocycles. The molecule has 0 rings (SSSR count). The zero-order valence-electron chi connectivity index (χ0n) is 22.1. The molecule has 35 heavy (non-hydrogen) atoms. The van der Waals surface area contributed by atoms with Gasteiger partial charge >= 0.3 is 0 Å². The van der Waals surface area contributed by atoms with Gasteiger partial charge in [0.25, 0.3) is 0 Å². The van der Waals surface area contributed by atoms with Crippen molar-refractivity contribution in [3.05, 3.63) is 0 Å². The third-order valence-electron chi connectivity index (χ3n) is 3.96. The molecule has 0 bridgehead atoms. The molecule has 0 aliphatic rings. The molecule has 0 atom stereocenters. The Morgan fingerprint density at radius 3 is 0.743 bits per heavy atom. The Kier molecular flexibility index (Phi) is 29.6. The van der Waals surface area contributed by atoms with Crippen molar-refractivity contribution in [3.8, 4) is 0 Å². The third-order valence-corrected chi connectivity index (χ3v) is 5.47. The maximum atomic E-state index is 5.71. The zero-order chi connectivity index (χ0) is 25.7. The molecule has 0 amide bonds. The van der Waals surface area contributed by atoms with E-state index in [0.717, 1.165) is 11.0 Å². The number of alkyl halides is 1. The highest BCUT2D eigenvalue weighted by Gasteiger charge is 2.12. The van der Waals surface area contributed by atoms with Gasteiger partial charge in [0.05, 0.1) is 126 Å². The molecule has 0 N–H and O–H groups in total. The molecule has 0 aliphatic heterocycles. The lowest BCUT2D eigenvalue weighted by Gasteiger charge is -2.16. The summed E-state index contributed by atoms with van der Waals surface area (Å²) in [5.74, 6) is 0. The van der Waals surface area contributed by atoms with Crippen LogP contribution in [0.1, 0.15) is 0 Å². The predicted molar refractivity (Wildman–Crippen MR) is 146 cm³/mol. The molecule has 0 fully saturated rings. The van der Waals surface area contributed by atoms with Crippen LogP contribution in [0.4, 0.5) is 0 Å². The molecule has 0 unspecified atom stereocenters. The van der Waals surface area contributed by atoms with Crippen molar-refractivity contribution >= 4 is 30.9 Å². The second kappa shape index (κ2) is 29.1. The topological polar surface area (TPSA) is 92.3 Å². The van der Waals surface area contributed by atoms with Gasteiger partial charge in [-0.3, -0.25) is 0 Å². The molecule has 0 saturated carbocycles. The van der Waals surface area contributed by atoms with E-state index in [0.29, 0.717) is 119 Å². The van der Waals surface area contributed by atoms with E-state index in [9.17, 15) is 0 Å². The monoisotopic (exact) mass is 640 g/mol. The quantitative estimate of drug-likeness (QED) is 0.0505. The van der Waals surface area contributed by atoms with E-state index in [1.807, 2.05) is 0 Å². The molecule has 0 heterocycles. The van der Waals surface area contributed by atoms with Crippen molar-refractivity contribution < 1.29 is 47.1 Å². The highest BCUT2D eigenvalue weighted by atomic mass is 127. The highest BCUT2D eigenvalue weighted by molar-refractivity contribution is 14.1. The van der Waals surface area contributed by atoms with Gasteiger partial charge in [0, 0.05) is 4.43 Å². The minimum atomic E-state index is -1.44. The van der Waals surface area contributed by atoms with Crippen LogP contribution in [0.25, 0.3) is 0 Å². The summed E-state index contributed by atoms with van der Waals surface area (Å²) in [6.07, 6.45) is 0. The summed E-state index contributed by atoms with van der Waals surface area (Å²) in [5.41, 5.74) is 0. The first-order valence-electron chi connectivity index (χ1n) is 12.5. The van der Waals surface area contributed by atoms with Gasteiger partial charge in [-0.2, -0.15) is 0 Å². The molecule has 0 spiro atoms. The fourth-order valence-corrected chi connectivity index (χ4v) is 3.33. The van der Waals surface area contributed by atoms with Gasteiger partial charge in [0.15, 0.2) is 8.32 Å². The van der Waals surface area contributed by atoms with E-state index >= 15 is 0 Å². The van der Waals surface area contributed by atoms with Gasteiger partial charge in [-0.05, 0) is 19.6 Å². The lowest BCUT2D eigenvalue weighted by atomic mass is 10.6. The van der Waals surface area contributed by atoms with Crippen molar-refractivity contribution in [3.63, 3.8) is 0 Å². The summed E-state index contributed by atoms with van der Waals surface area (Å²) in [5, 5.41) is 0. The van der Waals surface area contributed by atoms with Crippen molar-refractivity contribution in [1.29, 1.82) is 0 Å². The normalized spacial score (nSPS) is 12.0. The van der Waals surface area contributed by atoms with Gasteiger partial charge in [-0.25, -0.2) is 0 Å². The Hall–Kier alpha value is 0.547. The Morgan fingerprint density at radius 1 is 0.343 bits per heavy atom. The third kappa shape index (κ3) is 34.5. The van der Waals surface area contributed by atoms with E-state index < -0.39 is 8.32 Å². The van der Waals surface area contributed by atoms with Gasteiger partial charge in [-0.15, -0.1) is 0 Å². The second-order valence-corrected chi connectivity index (χ2v) is 13.8. The van der Waals surface area contributed by atoms with Crippen molar-refractivity contribution in [1.82, 2.24) is 0 Å². The number of halogens is 1. The molecule has 12 heteroatoms. The zero-order valence-corrected chi connectivity index (χ0v) is 25.3. The summed E-state index contributed by atoms with van der Waals surface area (Å²) in [6.45, 7) is 17.4. The van der Waals surface area contributed by atoms with Crippen LogP contribution in [-0.4, -0.2) is 138 Å². The molecule has 0 aliphatic carbocycles. The molecule has 10 nitrogen and oxygen atoms in total. The van der Waals surface area contributed by atoms with Crippen LogP contribution in [0.15, 0.2) is 0 Å². The number of rotatable bonds is 30. The smallest absolute Gasteiger partial charge is 0.183 e. The molecular formula is C23H49IO10Si. The Bertz CT molecular complexity index is 405. The fourth-order valence-electron chi connectivity index (χ4n) is 2.32. The maximum Gasteiger partial charge on any atom is 0.183 e. The second-order valence-electron chi connectivity index (χ2n) is 8.16. The number of hydrogen-bond acceptors (Lipinski definition) is 10. The van der Waals surface area contributed by atoms with Crippen LogP contribution in [0, 0.1) is 0 Å². The molecule has 0 radical (unpaired) electrons. The van der Waals surface area contributed by atoms with Crippen molar-refractivity contribution in [2.75, 3.05) is 130 Å². The number of ether oxygens (including phenoxy) is 9. The van der Waals surface area contributed by atoms with Crippen molar-refractivity contribution in [2.24, 2.45) is 0 Å². The van der Waals surface area contributed by atoms with E-state index in [1.165, 1.54) is 0 Å². The van der Waals surface area contributed by atoms with Gasteiger partial charge in [-0.1, -0.05) is 22.6 Å². The first kappa shape index (κ1) is 35.5. The first-order valence-corrected chi connectivity index (χ1v) is 17.4. The Labute approximate surface area is 227 Å². The maximum absolute atomic E-state index is 5.71. The van der Waals surface area contributed by atoms with Crippen LogP contribution in [0.2, 0.25) is 19.6 Å². The average Bonchev–Trinajstić information content (AvgIpc) is 2.82. The highest BCUT2D eigenvalue weighted by Crippen LogP contribution is 2.01. The van der Waals surface area contributed by atoms with Gasteiger partial charge in [0.1, 0.15) is 0 Å². The summed E-state index contributed by atoms with van der Waals surface area (Å²) in [7, 11) is -1.44. The lowest BCUT2D eigenvalue weighted by Crippen LogP contribution is -2.27. The fraction of sp³-hybridized carbons (Fsp3) is 1.00. The van der Waals surface area contributed by atoms with Crippen molar-refractivity contribution in [2.45, 2.75) is 19.6 Å². The van der Waals surface area contributed by atoms with E-state index in [2.05, 4.69) is 42.2 Å². The summed E-state index contributed by atoms with van der Waals surface area (Å²) in [4.78, 5) is 0. The van der Waals surface area contributed by atoms with Crippen LogP contribution in [0.5, 0.6) is 0 Å². The summed E-state index contributed by atoms with van der Waals surface area (Å²) in [6, 6.07) is 0. The molecule has 212 valence electrons. The Balaban J connectivity index is 3.03. The Morgan fingerprint density at radius 2 is 0.543 bits per heavy atom. The predicted octanol–water partition coefficient (Wildman–Crippen LogP) is 2.42. The van der Waals surface area contributed by atoms with Crippen LogP contribution in [-0.2, 0) is 47.1 Å². The van der Waals surface area contributed by atoms with Crippen LogP contribution in [0.3, 0.4) is 0 Å². The lowest BCUT2D eigenvalue weighted by molar-refractivity contribution is -0.0252. The standard InChI is InChI=1S/C23H49IO10Si/c1-35(2,3)34-23-22-33-21-20-32-19-18-31-17-16-30-15-14-29-13-12-28-11-10-27-9-8-26-7-6-25-5-4-24/h4-23H2,1-3H3.